The third-order valence-electron chi connectivity index (χ3n) is 2.89. The predicted molar refractivity (Wildman–Crippen MR) is 85.3 cm³/mol. The second-order valence-corrected chi connectivity index (χ2v) is 7.70. The fraction of sp³-hybridized carbons (Fsp3) is 0.500. The molecule has 3 N–H and O–H groups in total. The number of hydrogen-bond donors (Lipinski definition) is 2. The zero-order chi connectivity index (χ0) is 15.5. The summed E-state index contributed by atoms with van der Waals surface area (Å²) in [7, 11) is -0.992. The number of hydrogen-bond acceptors (Lipinski definition) is 3. The minimum atomic E-state index is -0.992. The van der Waals surface area contributed by atoms with E-state index in [1.807, 2.05) is 20.8 Å². The van der Waals surface area contributed by atoms with Crippen molar-refractivity contribution < 1.29 is 9.00 Å². The van der Waals surface area contributed by atoms with Gasteiger partial charge in [-0.1, -0.05) is 32.4 Å². The number of carbonyl (C=O) groups is 1. The normalized spacial score (nSPS) is 14.7. The van der Waals surface area contributed by atoms with E-state index in [9.17, 15) is 9.00 Å². The van der Waals surface area contributed by atoms with Gasteiger partial charge in [0.25, 0.3) is 0 Å². The smallest absolute Gasteiger partial charge is 0.241 e. The Hall–Kier alpha value is -0.910. The standard InChI is InChI=1S/C14H21ClN2O2S/c1-14(2,3)12(16)13(18)17-10-5-6-11(15)9(7-10)8-20(4)19/h5-7,12H,8,16H2,1-4H3,(H,17,18)/t12-,20?/m1/s1. The molecular formula is C14H21ClN2O2S. The average Bonchev–Trinajstić information content (AvgIpc) is 2.30. The van der Waals surface area contributed by atoms with E-state index in [4.69, 9.17) is 17.3 Å². The van der Waals surface area contributed by atoms with Crippen LogP contribution in [0.3, 0.4) is 0 Å². The molecule has 1 unspecified atom stereocenters. The third kappa shape index (κ3) is 4.89. The van der Waals surface area contributed by atoms with Gasteiger partial charge in [0.05, 0.1) is 6.04 Å². The number of carbonyl (C=O) groups excluding carboxylic acids is 1. The summed E-state index contributed by atoms with van der Waals surface area (Å²) in [5.41, 5.74) is 6.94. The van der Waals surface area contributed by atoms with E-state index >= 15 is 0 Å². The van der Waals surface area contributed by atoms with Gasteiger partial charge in [-0.25, -0.2) is 0 Å². The maximum Gasteiger partial charge on any atom is 0.241 e. The topological polar surface area (TPSA) is 72.2 Å². The lowest BCUT2D eigenvalue weighted by atomic mass is 9.87. The van der Waals surface area contributed by atoms with Gasteiger partial charge in [-0.05, 0) is 29.2 Å². The van der Waals surface area contributed by atoms with Crippen LogP contribution in [0.25, 0.3) is 0 Å². The number of nitrogens with two attached hydrogens (primary N) is 1. The molecule has 0 aliphatic heterocycles. The molecule has 1 aromatic rings. The summed E-state index contributed by atoms with van der Waals surface area (Å²) in [5, 5.41) is 3.31. The summed E-state index contributed by atoms with van der Waals surface area (Å²) in [6.45, 7) is 5.72. The van der Waals surface area contributed by atoms with Crippen LogP contribution in [0.15, 0.2) is 18.2 Å². The minimum absolute atomic E-state index is 0.247. The van der Waals surface area contributed by atoms with Crippen molar-refractivity contribution in [1.82, 2.24) is 0 Å². The van der Waals surface area contributed by atoms with E-state index in [0.717, 1.165) is 5.56 Å². The summed E-state index contributed by atoms with van der Waals surface area (Å²) in [5.74, 6) is 0.108. The van der Waals surface area contributed by atoms with Crippen molar-refractivity contribution in [3.63, 3.8) is 0 Å². The Kier molecular flexibility index (Phi) is 5.74. The SMILES string of the molecule is CS(=O)Cc1cc(NC(=O)[C@@H](N)C(C)(C)C)ccc1Cl. The van der Waals surface area contributed by atoms with Crippen molar-refractivity contribution in [3.05, 3.63) is 28.8 Å². The second kappa shape index (κ2) is 6.70. The second-order valence-electron chi connectivity index (χ2n) is 5.86. The molecule has 112 valence electrons. The van der Waals surface area contributed by atoms with Crippen LogP contribution in [0.1, 0.15) is 26.3 Å². The highest BCUT2D eigenvalue weighted by Crippen LogP contribution is 2.23. The van der Waals surface area contributed by atoms with E-state index < -0.39 is 16.8 Å². The summed E-state index contributed by atoms with van der Waals surface area (Å²) in [6, 6.07) is 4.51. The van der Waals surface area contributed by atoms with Crippen LogP contribution in [0, 0.1) is 5.41 Å². The number of anilines is 1. The van der Waals surface area contributed by atoms with Crippen LogP contribution < -0.4 is 11.1 Å². The highest BCUT2D eigenvalue weighted by Gasteiger charge is 2.27. The molecule has 0 bridgehead atoms. The van der Waals surface area contributed by atoms with Crippen molar-refractivity contribution in [2.75, 3.05) is 11.6 Å². The Morgan fingerprint density at radius 3 is 2.55 bits per heavy atom. The molecule has 0 heterocycles. The molecule has 0 spiro atoms. The van der Waals surface area contributed by atoms with Crippen molar-refractivity contribution in [3.8, 4) is 0 Å². The molecule has 0 saturated heterocycles. The lowest BCUT2D eigenvalue weighted by molar-refractivity contribution is -0.119. The fourth-order valence-corrected chi connectivity index (χ4v) is 2.54. The average molecular weight is 317 g/mol. The lowest BCUT2D eigenvalue weighted by Gasteiger charge is -2.25. The monoisotopic (exact) mass is 316 g/mol. The van der Waals surface area contributed by atoms with Gasteiger partial charge in [-0.3, -0.25) is 9.00 Å². The van der Waals surface area contributed by atoms with Crippen LogP contribution in [-0.4, -0.2) is 22.4 Å². The van der Waals surface area contributed by atoms with Crippen LogP contribution in [0.4, 0.5) is 5.69 Å². The highest BCUT2D eigenvalue weighted by molar-refractivity contribution is 7.83. The number of rotatable bonds is 4. The summed E-state index contributed by atoms with van der Waals surface area (Å²) in [6.07, 6.45) is 1.61. The first-order chi connectivity index (χ1) is 9.11. The molecule has 6 heteroatoms. The van der Waals surface area contributed by atoms with Crippen molar-refractivity contribution in [2.45, 2.75) is 32.6 Å². The maximum absolute atomic E-state index is 12.0. The van der Waals surface area contributed by atoms with Gasteiger partial charge in [0.2, 0.25) is 5.91 Å². The first-order valence-electron chi connectivity index (χ1n) is 6.26. The molecule has 0 fully saturated rings. The Labute approximate surface area is 127 Å². The molecule has 0 aliphatic carbocycles. The van der Waals surface area contributed by atoms with Gasteiger partial charge in [0, 0.05) is 33.5 Å². The summed E-state index contributed by atoms with van der Waals surface area (Å²) in [4.78, 5) is 12.0. The van der Waals surface area contributed by atoms with Crippen LogP contribution in [-0.2, 0) is 21.3 Å². The Balaban J connectivity index is 2.88. The third-order valence-corrected chi connectivity index (χ3v) is 3.97. The molecule has 20 heavy (non-hydrogen) atoms. The number of amides is 1. The molecule has 0 radical (unpaired) electrons. The number of halogens is 1. The molecule has 1 rings (SSSR count). The predicted octanol–water partition coefficient (Wildman–Crippen LogP) is 2.53. The van der Waals surface area contributed by atoms with E-state index in [0.29, 0.717) is 16.5 Å². The molecule has 0 saturated carbocycles. The molecule has 0 aliphatic rings. The van der Waals surface area contributed by atoms with E-state index in [1.165, 1.54) is 0 Å². The minimum Gasteiger partial charge on any atom is -0.325 e. The Morgan fingerprint density at radius 2 is 2.05 bits per heavy atom. The lowest BCUT2D eigenvalue weighted by Crippen LogP contribution is -2.45. The van der Waals surface area contributed by atoms with Crippen LogP contribution in [0.2, 0.25) is 5.02 Å². The van der Waals surface area contributed by atoms with Gasteiger partial charge in [0.15, 0.2) is 0 Å². The molecule has 4 nitrogen and oxygen atoms in total. The van der Waals surface area contributed by atoms with Crippen LogP contribution >= 0.6 is 11.6 Å². The van der Waals surface area contributed by atoms with Crippen LogP contribution in [0.5, 0.6) is 0 Å². The van der Waals surface area contributed by atoms with Gasteiger partial charge < -0.3 is 11.1 Å². The van der Waals surface area contributed by atoms with Gasteiger partial charge in [-0.15, -0.1) is 0 Å². The largest absolute Gasteiger partial charge is 0.325 e. The summed E-state index contributed by atoms with van der Waals surface area (Å²) < 4.78 is 11.3. The zero-order valence-corrected chi connectivity index (χ0v) is 13.8. The Morgan fingerprint density at radius 1 is 1.45 bits per heavy atom. The van der Waals surface area contributed by atoms with E-state index in [2.05, 4.69) is 5.32 Å². The van der Waals surface area contributed by atoms with Gasteiger partial charge >= 0.3 is 0 Å². The first kappa shape index (κ1) is 17.1. The Bertz CT molecular complexity index is 526. The first-order valence-corrected chi connectivity index (χ1v) is 8.36. The van der Waals surface area contributed by atoms with Crippen molar-refractivity contribution >= 4 is 34.0 Å². The molecule has 1 aromatic carbocycles. The summed E-state index contributed by atoms with van der Waals surface area (Å²) >= 11 is 6.04. The molecule has 2 atom stereocenters. The molecule has 1 amide bonds. The number of benzene rings is 1. The van der Waals surface area contributed by atoms with E-state index in [-0.39, 0.29) is 11.3 Å². The van der Waals surface area contributed by atoms with Gasteiger partial charge in [0.1, 0.15) is 0 Å². The zero-order valence-electron chi connectivity index (χ0n) is 12.2. The highest BCUT2D eigenvalue weighted by atomic mass is 35.5. The maximum atomic E-state index is 12.0. The van der Waals surface area contributed by atoms with Crippen molar-refractivity contribution in [1.29, 1.82) is 0 Å². The molecule has 0 aromatic heterocycles. The molecular weight excluding hydrogens is 296 g/mol. The van der Waals surface area contributed by atoms with E-state index in [1.54, 1.807) is 24.5 Å². The van der Waals surface area contributed by atoms with Gasteiger partial charge in [-0.2, -0.15) is 0 Å². The number of nitrogens with one attached hydrogen (secondary N) is 1. The quantitative estimate of drug-likeness (QED) is 0.896. The fourth-order valence-electron chi connectivity index (χ4n) is 1.60. The van der Waals surface area contributed by atoms with Crippen molar-refractivity contribution in [2.24, 2.45) is 11.1 Å².